The van der Waals surface area contributed by atoms with E-state index in [0.717, 1.165) is 0 Å². The summed E-state index contributed by atoms with van der Waals surface area (Å²) in [6.45, 7) is 0.623. The Balaban J connectivity index is 1.69. The van der Waals surface area contributed by atoms with E-state index >= 15 is 0 Å². The Morgan fingerprint density at radius 1 is 1.30 bits per heavy atom. The molecule has 0 aliphatic carbocycles. The summed E-state index contributed by atoms with van der Waals surface area (Å²) in [5, 5.41) is 5.27. The maximum Gasteiger partial charge on any atom is 0.319 e. The topological polar surface area (TPSA) is 66.4 Å². The predicted octanol–water partition coefficient (Wildman–Crippen LogP) is 1.97. The first-order valence-corrected chi connectivity index (χ1v) is 7.30. The summed E-state index contributed by atoms with van der Waals surface area (Å²) in [5.74, 6) is -0.493. The van der Waals surface area contributed by atoms with E-state index in [0.29, 0.717) is 24.3 Å². The number of nitrogens with zero attached hydrogens (tertiary/aromatic N) is 2. The molecule has 1 aromatic heterocycles. The second-order valence-electron chi connectivity index (χ2n) is 5.46. The van der Waals surface area contributed by atoms with E-state index in [9.17, 15) is 14.0 Å². The van der Waals surface area contributed by atoms with Crippen LogP contribution in [-0.4, -0.2) is 41.0 Å². The van der Waals surface area contributed by atoms with E-state index < -0.39 is 12.1 Å². The number of urea groups is 1. The lowest BCUT2D eigenvalue weighted by Crippen LogP contribution is -2.42. The molecule has 6 nitrogen and oxygen atoms in total. The Bertz CT molecular complexity index is 730. The molecular formula is C16H17FN4O2. The number of carbonyl (C=O) groups is 2. The van der Waals surface area contributed by atoms with Crippen LogP contribution in [0.2, 0.25) is 0 Å². The number of likely N-dealkylation sites (tertiary alicyclic amines) is 1. The smallest absolute Gasteiger partial charge is 0.319 e. The summed E-state index contributed by atoms with van der Waals surface area (Å²) in [4.78, 5) is 25.4. The number of hydrogen-bond donors (Lipinski definition) is 2. The van der Waals surface area contributed by atoms with Gasteiger partial charge < -0.3 is 20.1 Å². The van der Waals surface area contributed by atoms with Crippen LogP contribution in [0.1, 0.15) is 6.42 Å². The maximum absolute atomic E-state index is 13.9. The van der Waals surface area contributed by atoms with Crippen molar-refractivity contribution in [2.45, 2.75) is 12.5 Å². The molecule has 0 radical (unpaired) electrons. The third kappa shape index (κ3) is 3.18. The summed E-state index contributed by atoms with van der Waals surface area (Å²) in [6.07, 6.45) is 4.02. The van der Waals surface area contributed by atoms with Gasteiger partial charge >= 0.3 is 6.03 Å². The molecule has 3 rings (SSSR count). The number of hydrogen-bond acceptors (Lipinski definition) is 2. The van der Waals surface area contributed by atoms with Crippen molar-refractivity contribution < 1.29 is 14.0 Å². The third-order valence-electron chi connectivity index (χ3n) is 3.82. The SMILES string of the molecule is CN1CC[C@@H](NC(=O)Nc2ccc(F)c(-n3cccc3)c2)C1=O. The molecule has 1 atom stereocenters. The summed E-state index contributed by atoms with van der Waals surface area (Å²) in [7, 11) is 1.70. The number of anilines is 1. The van der Waals surface area contributed by atoms with Gasteiger partial charge in [-0.15, -0.1) is 0 Å². The summed E-state index contributed by atoms with van der Waals surface area (Å²) in [5.41, 5.74) is 0.788. The van der Waals surface area contributed by atoms with Gasteiger partial charge in [0.2, 0.25) is 5.91 Å². The fourth-order valence-electron chi connectivity index (χ4n) is 2.57. The predicted molar refractivity (Wildman–Crippen MR) is 83.9 cm³/mol. The standard InChI is InChI=1S/C16H17FN4O2/c1-20-9-6-13(15(20)22)19-16(23)18-11-4-5-12(17)14(10-11)21-7-2-3-8-21/h2-5,7-8,10,13H,6,9H2,1H3,(H2,18,19,23)/t13-/m1/s1. The first-order chi connectivity index (χ1) is 11.0. The Morgan fingerprint density at radius 2 is 2.04 bits per heavy atom. The van der Waals surface area contributed by atoms with Gasteiger partial charge in [0.25, 0.3) is 0 Å². The van der Waals surface area contributed by atoms with E-state index in [-0.39, 0.29) is 11.7 Å². The van der Waals surface area contributed by atoms with Gasteiger partial charge in [0.1, 0.15) is 11.9 Å². The van der Waals surface area contributed by atoms with Crippen LogP contribution in [0.15, 0.2) is 42.7 Å². The minimum atomic E-state index is -0.510. The molecule has 1 fully saturated rings. The van der Waals surface area contributed by atoms with Gasteiger partial charge in [-0.25, -0.2) is 9.18 Å². The first-order valence-electron chi connectivity index (χ1n) is 7.30. The van der Waals surface area contributed by atoms with Crippen LogP contribution in [0.25, 0.3) is 5.69 Å². The van der Waals surface area contributed by atoms with Crippen molar-refractivity contribution in [2.24, 2.45) is 0 Å². The van der Waals surface area contributed by atoms with Gasteiger partial charge in [-0.3, -0.25) is 4.79 Å². The third-order valence-corrected chi connectivity index (χ3v) is 3.82. The number of carbonyl (C=O) groups excluding carboxylic acids is 2. The highest BCUT2D eigenvalue weighted by molar-refractivity contribution is 5.94. The minimum absolute atomic E-state index is 0.104. The van der Waals surface area contributed by atoms with E-state index in [1.165, 1.54) is 18.2 Å². The van der Waals surface area contributed by atoms with Gasteiger partial charge in [0, 0.05) is 31.7 Å². The lowest BCUT2D eigenvalue weighted by Gasteiger charge is -2.14. The number of nitrogens with one attached hydrogen (secondary N) is 2. The van der Waals surface area contributed by atoms with Crippen molar-refractivity contribution in [3.05, 3.63) is 48.5 Å². The lowest BCUT2D eigenvalue weighted by atomic mass is 10.2. The van der Waals surface area contributed by atoms with Gasteiger partial charge in [0.05, 0.1) is 5.69 Å². The molecule has 2 aromatic rings. The highest BCUT2D eigenvalue weighted by Crippen LogP contribution is 2.19. The normalized spacial score (nSPS) is 17.4. The lowest BCUT2D eigenvalue weighted by molar-refractivity contribution is -0.128. The van der Waals surface area contributed by atoms with Crippen molar-refractivity contribution in [3.8, 4) is 5.69 Å². The van der Waals surface area contributed by atoms with E-state index in [1.54, 1.807) is 41.0 Å². The molecule has 1 saturated heterocycles. The zero-order valence-electron chi connectivity index (χ0n) is 12.6. The van der Waals surface area contributed by atoms with Crippen molar-refractivity contribution in [2.75, 3.05) is 18.9 Å². The Labute approximate surface area is 132 Å². The molecule has 7 heteroatoms. The number of halogens is 1. The average molecular weight is 316 g/mol. The number of amides is 3. The zero-order chi connectivity index (χ0) is 16.4. The molecule has 1 aliphatic rings. The molecule has 23 heavy (non-hydrogen) atoms. The molecule has 0 unspecified atom stereocenters. The van der Waals surface area contributed by atoms with Gasteiger partial charge in [-0.05, 0) is 36.8 Å². The van der Waals surface area contributed by atoms with Crippen molar-refractivity contribution in [1.82, 2.24) is 14.8 Å². The van der Waals surface area contributed by atoms with Crippen LogP contribution in [0.5, 0.6) is 0 Å². The number of aromatic nitrogens is 1. The Kier molecular flexibility index (Phi) is 4.01. The molecular weight excluding hydrogens is 299 g/mol. The second-order valence-corrected chi connectivity index (χ2v) is 5.46. The van der Waals surface area contributed by atoms with E-state index in [2.05, 4.69) is 10.6 Å². The van der Waals surface area contributed by atoms with Gasteiger partial charge in [-0.1, -0.05) is 0 Å². The van der Waals surface area contributed by atoms with Crippen LogP contribution in [-0.2, 0) is 4.79 Å². The first kappa shape index (κ1) is 15.1. The van der Waals surface area contributed by atoms with E-state index in [4.69, 9.17) is 0 Å². The largest absolute Gasteiger partial charge is 0.344 e. The van der Waals surface area contributed by atoms with E-state index in [1.807, 2.05) is 0 Å². The molecule has 1 aromatic carbocycles. The van der Waals surface area contributed by atoms with Crippen LogP contribution < -0.4 is 10.6 Å². The molecule has 0 spiro atoms. The molecule has 0 saturated carbocycles. The summed E-state index contributed by atoms with van der Waals surface area (Å²) < 4.78 is 15.5. The van der Waals surface area contributed by atoms with Crippen molar-refractivity contribution in [3.63, 3.8) is 0 Å². The second kappa shape index (κ2) is 6.12. The summed E-state index contributed by atoms with van der Waals surface area (Å²) in [6, 6.07) is 6.89. The Hall–Kier alpha value is -2.83. The number of rotatable bonds is 3. The zero-order valence-corrected chi connectivity index (χ0v) is 12.6. The van der Waals surface area contributed by atoms with Crippen LogP contribution >= 0.6 is 0 Å². The van der Waals surface area contributed by atoms with Crippen molar-refractivity contribution in [1.29, 1.82) is 0 Å². The monoisotopic (exact) mass is 316 g/mol. The molecule has 0 bridgehead atoms. The van der Waals surface area contributed by atoms with Crippen molar-refractivity contribution >= 4 is 17.6 Å². The highest BCUT2D eigenvalue weighted by atomic mass is 19.1. The molecule has 2 heterocycles. The van der Waals surface area contributed by atoms with Crippen LogP contribution in [0.4, 0.5) is 14.9 Å². The average Bonchev–Trinajstić information content (AvgIpc) is 3.15. The Morgan fingerprint density at radius 3 is 2.70 bits per heavy atom. The molecule has 120 valence electrons. The van der Waals surface area contributed by atoms with Crippen LogP contribution in [0, 0.1) is 5.82 Å². The number of benzene rings is 1. The summed E-state index contributed by atoms with van der Waals surface area (Å²) >= 11 is 0. The fourth-order valence-corrected chi connectivity index (χ4v) is 2.57. The van der Waals surface area contributed by atoms with Gasteiger partial charge in [0.15, 0.2) is 0 Å². The quantitative estimate of drug-likeness (QED) is 0.909. The fraction of sp³-hybridized carbons (Fsp3) is 0.250. The molecule has 3 amide bonds. The van der Waals surface area contributed by atoms with Crippen LogP contribution in [0.3, 0.4) is 0 Å². The number of likely N-dealkylation sites (N-methyl/N-ethyl adjacent to an activating group) is 1. The molecule has 2 N–H and O–H groups in total. The minimum Gasteiger partial charge on any atom is -0.344 e. The molecule has 1 aliphatic heterocycles. The maximum atomic E-state index is 13.9. The highest BCUT2D eigenvalue weighted by Gasteiger charge is 2.30. The van der Waals surface area contributed by atoms with Gasteiger partial charge in [-0.2, -0.15) is 0 Å².